The van der Waals surface area contributed by atoms with E-state index in [1.807, 2.05) is 20.8 Å². The monoisotopic (exact) mass is 292 g/mol. The third-order valence-corrected chi connectivity index (χ3v) is 5.86. The third kappa shape index (κ3) is 7.39. The van der Waals surface area contributed by atoms with Crippen molar-refractivity contribution in [1.82, 2.24) is 0 Å². The Morgan fingerprint density at radius 2 is 1.58 bits per heavy atom. The summed E-state index contributed by atoms with van der Waals surface area (Å²) in [6.45, 7) is 10.1. The Morgan fingerprint density at radius 1 is 1.00 bits per heavy atom. The van der Waals surface area contributed by atoms with E-state index in [2.05, 4.69) is 0 Å². The molecule has 0 bridgehead atoms. The second kappa shape index (κ2) is 9.85. The Hall–Kier alpha value is 0.0169. The van der Waals surface area contributed by atoms with E-state index in [0.29, 0.717) is 32.5 Å². The van der Waals surface area contributed by atoms with Crippen LogP contribution in [0.15, 0.2) is 0 Å². The minimum atomic E-state index is -2.51. The summed E-state index contributed by atoms with van der Waals surface area (Å²) in [5.41, 5.74) is 0. The molecule has 5 nitrogen and oxygen atoms in total. The van der Waals surface area contributed by atoms with E-state index in [1.54, 1.807) is 0 Å². The van der Waals surface area contributed by atoms with Crippen LogP contribution in [0.1, 0.15) is 33.6 Å². The maximum atomic E-state index is 5.76. The molecule has 1 heterocycles. The quantitative estimate of drug-likeness (QED) is 0.296. The molecule has 1 rings (SSSR count). The van der Waals surface area contributed by atoms with Gasteiger partial charge in [-0.1, -0.05) is 0 Å². The fraction of sp³-hybridized carbons (Fsp3) is 1.00. The fourth-order valence-corrected chi connectivity index (χ4v) is 4.35. The van der Waals surface area contributed by atoms with Gasteiger partial charge in [-0.2, -0.15) is 0 Å². The highest BCUT2D eigenvalue weighted by molar-refractivity contribution is 6.60. The molecule has 1 aliphatic rings. The smallest absolute Gasteiger partial charge is 0.381 e. The molecule has 0 N–H and O–H groups in total. The second-order valence-electron chi connectivity index (χ2n) is 4.44. The lowest BCUT2D eigenvalue weighted by atomic mass is 10.3. The van der Waals surface area contributed by atoms with Gasteiger partial charge in [0.05, 0.1) is 19.3 Å². The van der Waals surface area contributed by atoms with Crippen LogP contribution in [0, 0.1) is 0 Å². The minimum Gasteiger partial charge on any atom is -0.381 e. The predicted octanol–water partition coefficient (Wildman–Crippen LogP) is 2.23. The topological polar surface area (TPSA) is 49.5 Å². The molecular weight excluding hydrogens is 264 g/mol. The van der Waals surface area contributed by atoms with Crippen molar-refractivity contribution in [2.75, 3.05) is 39.6 Å². The van der Waals surface area contributed by atoms with Crippen molar-refractivity contribution in [1.29, 1.82) is 0 Å². The molecule has 1 atom stereocenters. The Bertz CT molecular complexity index is 206. The van der Waals surface area contributed by atoms with Gasteiger partial charge in [-0.25, -0.2) is 0 Å². The first-order valence-electron chi connectivity index (χ1n) is 7.37. The fourth-order valence-electron chi connectivity index (χ4n) is 1.95. The van der Waals surface area contributed by atoms with Gasteiger partial charge in [0.1, 0.15) is 0 Å². The lowest BCUT2D eigenvalue weighted by Gasteiger charge is -2.28. The Labute approximate surface area is 117 Å². The van der Waals surface area contributed by atoms with Crippen molar-refractivity contribution in [3.63, 3.8) is 0 Å². The second-order valence-corrected chi connectivity index (χ2v) is 7.17. The Morgan fingerprint density at radius 3 is 2.05 bits per heavy atom. The zero-order valence-corrected chi connectivity index (χ0v) is 13.5. The number of epoxide rings is 1. The van der Waals surface area contributed by atoms with Gasteiger partial charge in [0, 0.05) is 32.5 Å². The van der Waals surface area contributed by atoms with Crippen molar-refractivity contribution < 1.29 is 22.8 Å². The highest BCUT2D eigenvalue weighted by atomic mass is 28.4. The summed E-state index contributed by atoms with van der Waals surface area (Å²) in [4.78, 5) is 0. The van der Waals surface area contributed by atoms with Crippen molar-refractivity contribution in [2.45, 2.75) is 45.8 Å². The van der Waals surface area contributed by atoms with Gasteiger partial charge >= 0.3 is 8.80 Å². The van der Waals surface area contributed by atoms with Gasteiger partial charge < -0.3 is 22.8 Å². The van der Waals surface area contributed by atoms with E-state index in [1.165, 1.54) is 0 Å². The van der Waals surface area contributed by atoms with Crippen LogP contribution in [0.5, 0.6) is 0 Å². The lowest BCUT2D eigenvalue weighted by molar-refractivity contribution is 0.0572. The maximum absolute atomic E-state index is 5.76. The normalized spacial score (nSPS) is 18.8. The molecule has 114 valence electrons. The summed E-state index contributed by atoms with van der Waals surface area (Å²) >= 11 is 0. The van der Waals surface area contributed by atoms with Gasteiger partial charge in [0.25, 0.3) is 0 Å². The summed E-state index contributed by atoms with van der Waals surface area (Å²) in [6.07, 6.45) is 2.65. The van der Waals surface area contributed by atoms with Crippen molar-refractivity contribution in [2.24, 2.45) is 0 Å². The first-order chi connectivity index (χ1) is 9.26. The van der Waals surface area contributed by atoms with E-state index in [4.69, 9.17) is 22.8 Å². The van der Waals surface area contributed by atoms with Gasteiger partial charge in [-0.05, 0) is 33.6 Å². The summed E-state index contributed by atoms with van der Waals surface area (Å²) in [7, 11) is -2.51. The third-order valence-electron chi connectivity index (χ3n) is 2.86. The molecule has 0 aromatic heterocycles. The molecule has 0 aliphatic carbocycles. The van der Waals surface area contributed by atoms with E-state index >= 15 is 0 Å². The van der Waals surface area contributed by atoms with E-state index in [-0.39, 0.29) is 0 Å². The molecule has 1 unspecified atom stereocenters. The zero-order chi connectivity index (χ0) is 14.0. The van der Waals surface area contributed by atoms with Gasteiger partial charge in [0.2, 0.25) is 0 Å². The molecule has 0 aromatic carbocycles. The lowest BCUT2D eigenvalue weighted by Crippen LogP contribution is -2.46. The number of hydrogen-bond acceptors (Lipinski definition) is 5. The molecule has 0 saturated carbocycles. The number of ether oxygens (including phenoxy) is 2. The van der Waals surface area contributed by atoms with Crippen LogP contribution in [0.3, 0.4) is 0 Å². The van der Waals surface area contributed by atoms with Crippen LogP contribution >= 0.6 is 0 Å². The molecule has 0 amide bonds. The van der Waals surface area contributed by atoms with E-state index < -0.39 is 8.80 Å². The molecule has 0 spiro atoms. The van der Waals surface area contributed by atoms with Crippen LogP contribution < -0.4 is 0 Å². The van der Waals surface area contributed by atoms with Crippen molar-refractivity contribution in [3.8, 4) is 0 Å². The minimum absolute atomic E-state index is 0.493. The maximum Gasteiger partial charge on any atom is 0.503 e. The molecular formula is C13H28O5Si. The zero-order valence-electron chi connectivity index (χ0n) is 12.5. The van der Waals surface area contributed by atoms with E-state index in [9.17, 15) is 0 Å². The van der Waals surface area contributed by atoms with Gasteiger partial charge in [-0.3, -0.25) is 0 Å². The highest BCUT2D eigenvalue weighted by Gasteiger charge is 2.39. The first kappa shape index (κ1) is 17.1. The molecule has 19 heavy (non-hydrogen) atoms. The molecule has 0 aromatic rings. The summed E-state index contributed by atoms with van der Waals surface area (Å²) in [5, 5.41) is 0. The summed E-state index contributed by atoms with van der Waals surface area (Å²) in [5.74, 6) is 0. The molecule has 6 heteroatoms. The number of rotatable bonds is 13. The average molecular weight is 292 g/mol. The first-order valence-corrected chi connectivity index (χ1v) is 9.30. The average Bonchev–Trinajstić information content (AvgIpc) is 3.19. The summed E-state index contributed by atoms with van der Waals surface area (Å²) in [6, 6.07) is 0.725. The highest BCUT2D eigenvalue weighted by Crippen LogP contribution is 2.17. The van der Waals surface area contributed by atoms with Gasteiger partial charge in [-0.15, -0.1) is 0 Å². The largest absolute Gasteiger partial charge is 0.503 e. The van der Waals surface area contributed by atoms with Gasteiger partial charge in [0.15, 0.2) is 0 Å². The standard InChI is InChI=1S/C13H28O5Si/c1-4-16-19(17-5-2,18-6-3)11-10-14-9-7-8-13-12-15-13/h13H,4-12H2,1-3H3. The van der Waals surface area contributed by atoms with Crippen LogP contribution in [0.2, 0.25) is 6.04 Å². The van der Waals surface area contributed by atoms with Crippen molar-refractivity contribution >= 4 is 8.80 Å². The summed E-state index contributed by atoms with van der Waals surface area (Å²) < 4.78 is 28.1. The SMILES string of the molecule is CCO[Si](CCOCCCC1CO1)(OCC)OCC. The number of hydrogen-bond donors (Lipinski definition) is 0. The van der Waals surface area contributed by atoms with Crippen molar-refractivity contribution in [3.05, 3.63) is 0 Å². The van der Waals surface area contributed by atoms with Crippen LogP contribution in [0.25, 0.3) is 0 Å². The molecule has 1 fully saturated rings. The van der Waals surface area contributed by atoms with Crippen LogP contribution in [0.4, 0.5) is 0 Å². The predicted molar refractivity (Wildman–Crippen MR) is 75.2 cm³/mol. The Balaban J connectivity index is 2.17. The van der Waals surface area contributed by atoms with Crippen LogP contribution in [-0.2, 0) is 22.8 Å². The molecule has 1 aliphatic heterocycles. The van der Waals surface area contributed by atoms with E-state index in [0.717, 1.165) is 32.1 Å². The molecule has 1 saturated heterocycles. The molecule has 0 radical (unpaired) electrons. The van der Waals surface area contributed by atoms with Crippen LogP contribution in [-0.4, -0.2) is 54.5 Å². The Kier molecular flexibility index (Phi) is 8.85.